The number of aromatic amines is 4. The molecule has 0 aliphatic rings. The number of H-pyrrole nitrogens is 4. The van der Waals surface area contributed by atoms with Gasteiger partial charge in [0.2, 0.25) is 9.54 Å². The molecule has 0 aromatic carbocycles. The summed E-state index contributed by atoms with van der Waals surface area (Å²) in [4.78, 5) is 19.3. The average molecular weight is 353 g/mol. The Balaban J connectivity index is 2.21. The van der Waals surface area contributed by atoms with Crippen molar-refractivity contribution in [3.05, 3.63) is 19.1 Å². The zero-order valence-corrected chi connectivity index (χ0v) is 13.2. The maximum absolute atomic E-state index is 4.96. The van der Waals surface area contributed by atoms with Crippen LogP contribution < -0.4 is 0 Å². The summed E-state index contributed by atoms with van der Waals surface area (Å²) in [6, 6.07) is 0. The van der Waals surface area contributed by atoms with Crippen LogP contribution in [0.4, 0.5) is 0 Å². The first-order valence-corrected chi connectivity index (χ1v) is 8.07. The van der Waals surface area contributed by atoms with Gasteiger partial charge in [0, 0.05) is 0 Å². The van der Waals surface area contributed by atoms with Gasteiger partial charge in [-0.1, -0.05) is 0 Å². The van der Waals surface area contributed by atoms with Gasteiger partial charge in [-0.25, -0.2) is 0 Å². The van der Waals surface area contributed by atoms with E-state index in [-0.39, 0.29) is 0 Å². The van der Waals surface area contributed by atoms with Crippen molar-refractivity contribution in [1.29, 1.82) is 0 Å². The lowest BCUT2D eigenvalue weighted by molar-refractivity contribution is 0.871. The Kier molecular flexibility index (Phi) is 4.80. The molecular weight excluding hydrogens is 349 g/mol. The first-order valence-electron chi connectivity index (χ1n) is 4.29. The highest BCUT2D eigenvalue weighted by atomic mass is 33.1. The Labute approximate surface area is 129 Å². The minimum absolute atomic E-state index is 0.327. The van der Waals surface area contributed by atoms with Crippen molar-refractivity contribution in [2.75, 3.05) is 0 Å². The zero-order valence-electron chi connectivity index (χ0n) is 8.34. The van der Waals surface area contributed by atoms with Crippen molar-refractivity contribution in [2.24, 2.45) is 0 Å². The summed E-state index contributed by atoms with van der Waals surface area (Å²) >= 11 is 19.8. The molecule has 0 aliphatic heterocycles. The van der Waals surface area contributed by atoms with Crippen LogP contribution in [0, 0.1) is 19.1 Å². The van der Waals surface area contributed by atoms with Crippen molar-refractivity contribution in [3.8, 4) is 0 Å². The third-order valence-corrected chi connectivity index (χ3v) is 4.27. The van der Waals surface area contributed by atoms with Crippen LogP contribution in [0.15, 0.2) is 10.3 Å². The van der Waals surface area contributed by atoms with E-state index in [4.69, 9.17) is 48.9 Å². The Morgan fingerprint density at radius 3 is 1.39 bits per heavy atom. The van der Waals surface area contributed by atoms with E-state index in [1.807, 2.05) is 0 Å². The average Bonchev–Trinajstić information content (AvgIpc) is 2.23. The molecule has 0 saturated carbocycles. The van der Waals surface area contributed by atoms with Gasteiger partial charge in [-0.05, 0) is 70.5 Å². The van der Waals surface area contributed by atoms with Crippen LogP contribution in [-0.4, -0.2) is 29.9 Å². The fraction of sp³-hybridized carbons (Fsp3) is 0. The van der Waals surface area contributed by atoms with Crippen molar-refractivity contribution < 1.29 is 0 Å². The fourth-order valence-corrected chi connectivity index (χ4v) is 3.70. The quantitative estimate of drug-likeness (QED) is 0.493. The molecule has 0 spiro atoms. The minimum atomic E-state index is 0.327. The predicted molar refractivity (Wildman–Crippen MR) is 80.9 cm³/mol. The van der Waals surface area contributed by atoms with E-state index in [0.717, 1.165) is 0 Å². The summed E-state index contributed by atoms with van der Waals surface area (Å²) in [5.41, 5.74) is 0. The summed E-state index contributed by atoms with van der Waals surface area (Å²) in [5.74, 6) is 0. The Morgan fingerprint density at radius 1 is 0.667 bits per heavy atom. The molecule has 2 aromatic rings. The fourth-order valence-electron chi connectivity index (χ4n) is 0.905. The number of hydrogen-bond donors (Lipinski definition) is 4. The van der Waals surface area contributed by atoms with Gasteiger partial charge >= 0.3 is 0 Å². The number of hydrogen-bond acceptors (Lipinski definition) is 8. The molecule has 0 aliphatic carbocycles. The number of nitrogens with zero attached hydrogens (tertiary/aromatic N) is 2. The second kappa shape index (κ2) is 6.16. The Hall–Kier alpha value is -0.400. The van der Waals surface area contributed by atoms with E-state index in [2.05, 4.69) is 29.9 Å². The van der Waals surface area contributed by atoms with Crippen LogP contribution >= 0.6 is 70.5 Å². The highest BCUT2D eigenvalue weighted by Crippen LogP contribution is 2.32. The van der Waals surface area contributed by atoms with Crippen LogP contribution in [0.5, 0.6) is 0 Å². The predicted octanol–water partition coefficient (Wildman–Crippen LogP) is 3.51. The molecule has 4 N–H and O–H groups in total. The molecule has 0 fully saturated rings. The Bertz CT molecular complexity index is 658. The van der Waals surface area contributed by atoms with E-state index in [1.54, 1.807) is 0 Å². The molecule has 0 unspecified atom stereocenters. The van der Waals surface area contributed by atoms with Gasteiger partial charge in [-0.3, -0.25) is 0 Å². The van der Waals surface area contributed by atoms with Crippen molar-refractivity contribution in [3.63, 3.8) is 0 Å². The molecule has 94 valence electrons. The second-order valence-corrected chi connectivity index (χ2v) is 6.47. The largest absolute Gasteiger partial charge is 0.311 e. The van der Waals surface area contributed by atoms with Crippen molar-refractivity contribution >= 4 is 70.5 Å². The highest BCUT2D eigenvalue weighted by molar-refractivity contribution is 8.76. The SMILES string of the molecule is S=c1nc(SSc2nc(=S)[nH]c(=S)[nH]2)[nH]c(=S)[nH]1. The number of aromatic nitrogens is 6. The molecule has 2 rings (SSSR count). The maximum atomic E-state index is 4.96. The number of nitrogens with one attached hydrogen (secondary N) is 4. The molecule has 12 heteroatoms. The molecule has 0 atom stereocenters. The maximum Gasteiger partial charge on any atom is 0.201 e. The van der Waals surface area contributed by atoms with E-state index in [1.165, 1.54) is 21.6 Å². The van der Waals surface area contributed by atoms with E-state index >= 15 is 0 Å². The molecule has 0 bridgehead atoms. The summed E-state index contributed by atoms with van der Waals surface area (Å²) in [5, 5.41) is 1.15. The Morgan fingerprint density at radius 2 is 1.06 bits per heavy atom. The van der Waals surface area contributed by atoms with Gasteiger partial charge in [-0.2, -0.15) is 9.97 Å². The molecule has 6 nitrogen and oxygen atoms in total. The first-order chi connectivity index (χ1) is 8.52. The lowest BCUT2D eigenvalue weighted by Gasteiger charge is -1.99. The van der Waals surface area contributed by atoms with E-state index in [0.29, 0.717) is 29.4 Å². The lowest BCUT2D eigenvalue weighted by atomic mass is 11.1. The molecule has 2 heterocycles. The van der Waals surface area contributed by atoms with Gasteiger partial charge < -0.3 is 19.9 Å². The molecule has 0 radical (unpaired) electrons. The van der Waals surface area contributed by atoms with Crippen molar-refractivity contribution in [1.82, 2.24) is 29.9 Å². The smallest absolute Gasteiger partial charge is 0.201 e. The third-order valence-electron chi connectivity index (χ3n) is 1.49. The monoisotopic (exact) mass is 352 g/mol. The molecular formula is C6H4N6S6. The van der Waals surface area contributed by atoms with Gasteiger partial charge in [0.25, 0.3) is 0 Å². The summed E-state index contributed by atoms with van der Waals surface area (Å²) in [7, 11) is 2.63. The standard InChI is InChI=1S/C6H4N6S6/c13-1-7-2(14)10-5(9-1)17-18-6-11-3(15)8-4(16)12-6/h(H2,7,9,10,13,14)(H2,8,11,12,15,16). The van der Waals surface area contributed by atoms with Gasteiger partial charge in [-0.15, -0.1) is 0 Å². The minimum Gasteiger partial charge on any atom is -0.311 e. The zero-order chi connectivity index (χ0) is 13.1. The topological polar surface area (TPSA) is 88.9 Å². The highest BCUT2D eigenvalue weighted by Gasteiger charge is 2.02. The normalized spacial score (nSPS) is 10.4. The van der Waals surface area contributed by atoms with Crippen LogP contribution in [0.2, 0.25) is 0 Å². The third kappa shape index (κ3) is 4.07. The van der Waals surface area contributed by atoms with Crippen LogP contribution in [-0.2, 0) is 0 Å². The summed E-state index contributed by atoms with van der Waals surface area (Å²) < 4.78 is 1.50. The van der Waals surface area contributed by atoms with Gasteiger partial charge in [0.15, 0.2) is 19.9 Å². The molecule has 0 amide bonds. The van der Waals surface area contributed by atoms with Crippen LogP contribution in [0.3, 0.4) is 0 Å². The van der Waals surface area contributed by atoms with Crippen molar-refractivity contribution in [2.45, 2.75) is 10.3 Å². The van der Waals surface area contributed by atoms with Gasteiger partial charge in [0.05, 0.1) is 0 Å². The molecule has 2 aromatic heterocycles. The molecule has 0 saturated heterocycles. The van der Waals surface area contributed by atoms with E-state index < -0.39 is 0 Å². The second-order valence-electron chi connectivity index (χ2n) is 2.77. The van der Waals surface area contributed by atoms with Gasteiger partial charge in [0.1, 0.15) is 0 Å². The van der Waals surface area contributed by atoms with Crippen LogP contribution in [0.25, 0.3) is 0 Å². The summed E-state index contributed by atoms with van der Waals surface area (Å²) in [6.07, 6.45) is 0. The first kappa shape index (κ1) is 14.0. The summed E-state index contributed by atoms with van der Waals surface area (Å²) in [6.45, 7) is 0. The van der Waals surface area contributed by atoms with Crippen LogP contribution in [0.1, 0.15) is 0 Å². The number of rotatable bonds is 3. The lowest BCUT2D eigenvalue weighted by Crippen LogP contribution is -1.92. The molecule has 18 heavy (non-hydrogen) atoms. The van der Waals surface area contributed by atoms with E-state index in [9.17, 15) is 0 Å².